The molecule has 0 saturated carbocycles. The van der Waals surface area contributed by atoms with Crippen molar-refractivity contribution in [2.45, 2.75) is 26.4 Å². The molecule has 0 saturated heterocycles. The first-order valence-corrected chi connectivity index (χ1v) is 4.17. The Morgan fingerprint density at radius 2 is 1.38 bits per heavy atom. The van der Waals surface area contributed by atoms with Crippen molar-refractivity contribution >= 4 is 18.0 Å². The molecule has 16 heavy (non-hydrogen) atoms. The van der Waals surface area contributed by atoms with Gasteiger partial charge in [-0.2, -0.15) is 0 Å². The van der Waals surface area contributed by atoms with Gasteiger partial charge in [0, 0.05) is 12.2 Å². The van der Waals surface area contributed by atoms with Crippen molar-refractivity contribution in [1.82, 2.24) is 0 Å². The molecule has 7 nitrogen and oxygen atoms in total. The summed E-state index contributed by atoms with van der Waals surface area (Å²) in [5.74, 6) is -2.51. The third-order valence-electron chi connectivity index (χ3n) is 0.775. The molecule has 0 spiro atoms. The molecule has 0 aromatic rings. The quantitative estimate of drug-likeness (QED) is 0.599. The topological polar surface area (TPSA) is 127 Å². The monoisotopic (exact) mass is 233 g/mol. The minimum atomic E-state index is -1.26. The van der Waals surface area contributed by atoms with E-state index >= 15 is 0 Å². The van der Waals surface area contributed by atoms with Crippen LogP contribution in [0, 0.1) is 0 Å². The van der Waals surface area contributed by atoms with E-state index in [1.165, 1.54) is 0 Å². The van der Waals surface area contributed by atoms with Crippen LogP contribution in [0.3, 0.4) is 0 Å². The summed E-state index contributed by atoms with van der Waals surface area (Å²) in [6.45, 7) is 5.28. The molecule has 0 aliphatic carbocycles. The second-order valence-corrected chi connectivity index (χ2v) is 3.54. The van der Waals surface area contributed by atoms with Gasteiger partial charge in [0.1, 0.15) is 5.60 Å². The van der Waals surface area contributed by atoms with Gasteiger partial charge in [-0.05, 0) is 20.8 Å². The molecule has 92 valence electrons. The number of carboxylic acids is 2. The second-order valence-electron chi connectivity index (χ2n) is 3.54. The number of carboxylic acid groups (broad SMARTS) is 2. The van der Waals surface area contributed by atoms with Gasteiger partial charge in [0.15, 0.2) is 0 Å². The van der Waals surface area contributed by atoms with E-state index in [1.54, 1.807) is 20.8 Å². The largest absolute Gasteiger partial charge is 0.478 e. The number of rotatable bonds is 2. The van der Waals surface area contributed by atoms with E-state index in [9.17, 15) is 14.4 Å². The summed E-state index contributed by atoms with van der Waals surface area (Å²) >= 11 is 0. The molecule has 4 N–H and O–H groups in total. The van der Waals surface area contributed by atoms with E-state index in [2.05, 4.69) is 4.74 Å². The summed E-state index contributed by atoms with van der Waals surface area (Å²) in [6.07, 6.45) is 0.391. The Labute approximate surface area is 92.5 Å². The highest BCUT2D eigenvalue weighted by Gasteiger charge is 2.12. The number of primary amides is 1. The molecule has 0 atom stereocenters. The predicted molar refractivity (Wildman–Crippen MR) is 54.8 cm³/mol. The fraction of sp³-hybridized carbons (Fsp3) is 0.444. The van der Waals surface area contributed by atoms with Gasteiger partial charge in [0.2, 0.25) is 0 Å². The van der Waals surface area contributed by atoms with Crippen LogP contribution in [0.1, 0.15) is 20.8 Å². The van der Waals surface area contributed by atoms with Crippen LogP contribution in [0.15, 0.2) is 12.2 Å². The summed E-state index contributed by atoms with van der Waals surface area (Å²) in [6, 6.07) is 0. The van der Waals surface area contributed by atoms with Crippen molar-refractivity contribution < 1.29 is 29.3 Å². The van der Waals surface area contributed by atoms with E-state index in [1.807, 2.05) is 0 Å². The average molecular weight is 233 g/mol. The molecule has 0 fully saturated rings. The molecule has 7 heteroatoms. The summed E-state index contributed by atoms with van der Waals surface area (Å²) < 4.78 is 4.58. The number of hydrogen-bond acceptors (Lipinski definition) is 4. The first kappa shape index (κ1) is 16.4. The van der Waals surface area contributed by atoms with Gasteiger partial charge >= 0.3 is 18.0 Å². The van der Waals surface area contributed by atoms with Crippen LogP contribution in [0.4, 0.5) is 4.79 Å². The highest BCUT2D eigenvalue weighted by atomic mass is 16.6. The summed E-state index contributed by atoms with van der Waals surface area (Å²) in [4.78, 5) is 29.1. The highest BCUT2D eigenvalue weighted by Crippen LogP contribution is 2.04. The van der Waals surface area contributed by atoms with Crippen molar-refractivity contribution in [3.8, 4) is 0 Å². The Morgan fingerprint density at radius 1 is 1.06 bits per heavy atom. The van der Waals surface area contributed by atoms with Crippen molar-refractivity contribution in [3.05, 3.63) is 12.2 Å². The Kier molecular flexibility index (Phi) is 7.44. The van der Waals surface area contributed by atoms with Crippen molar-refractivity contribution in [2.24, 2.45) is 5.73 Å². The molecular formula is C9H15NO6. The smallest absolute Gasteiger partial charge is 0.405 e. The minimum absolute atomic E-state index is 0.453. The van der Waals surface area contributed by atoms with Crippen LogP contribution in [0.25, 0.3) is 0 Å². The minimum Gasteiger partial charge on any atom is -0.478 e. The van der Waals surface area contributed by atoms with Gasteiger partial charge in [-0.1, -0.05) is 0 Å². The normalized spacial score (nSPS) is 10.2. The molecular weight excluding hydrogens is 218 g/mol. The predicted octanol–water partition coefficient (Wildman–Crippen LogP) is 0.592. The molecule has 0 aromatic heterocycles. The lowest BCUT2D eigenvalue weighted by Gasteiger charge is -2.16. The van der Waals surface area contributed by atoms with Gasteiger partial charge in [0.25, 0.3) is 0 Å². The van der Waals surface area contributed by atoms with Crippen molar-refractivity contribution in [2.75, 3.05) is 0 Å². The Balaban J connectivity index is 0. The zero-order chi connectivity index (χ0) is 13.4. The Hall–Kier alpha value is -2.05. The molecule has 0 bridgehead atoms. The van der Waals surface area contributed by atoms with Crippen LogP contribution in [-0.2, 0) is 14.3 Å². The van der Waals surface area contributed by atoms with Crippen molar-refractivity contribution in [3.63, 3.8) is 0 Å². The summed E-state index contributed by atoms with van der Waals surface area (Å²) in [5, 5.41) is 15.6. The van der Waals surface area contributed by atoms with E-state index in [0.29, 0.717) is 12.2 Å². The standard InChI is InChI=1S/C5H11NO2.C4H4O4/c1-5(2,3)8-4(6)7;5-3(6)1-2-4(7)8/h1-3H3,(H2,6,7);1-2H,(H,5,6)(H,7,8)/b;2-1-. The van der Waals surface area contributed by atoms with E-state index in [-0.39, 0.29) is 0 Å². The van der Waals surface area contributed by atoms with Gasteiger partial charge in [-0.3, -0.25) is 0 Å². The molecule has 0 aromatic carbocycles. The summed E-state index contributed by atoms with van der Waals surface area (Å²) in [5.41, 5.74) is 4.26. The van der Waals surface area contributed by atoms with Gasteiger partial charge in [-0.15, -0.1) is 0 Å². The molecule has 0 radical (unpaired) electrons. The zero-order valence-corrected chi connectivity index (χ0v) is 9.26. The number of carbonyl (C=O) groups is 3. The average Bonchev–Trinajstić information content (AvgIpc) is 1.96. The fourth-order valence-corrected chi connectivity index (χ4v) is 0.444. The van der Waals surface area contributed by atoms with Gasteiger partial charge < -0.3 is 20.7 Å². The molecule has 0 aliphatic rings. The molecule has 0 aliphatic heterocycles. The van der Waals surface area contributed by atoms with Crippen LogP contribution in [0.5, 0.6) is 0 Å². The SMILES string of the molecule is CC(C)(C)OC(N)=O.O=C(O)/C=C\C(=O)O. The van der Waals surface area contributed by atoms with Crippen LogP contribution in [-0.4, -0.2) is 33.8 Å². The maximum Gasteiger partial charge on any atom is 0.405 e. The van der Waals surface area contributed by atoms with E-state index in [0.717, 1.165) is 0 Å². The second kappa shape index (κ2) is 7.27. The number of nitrogens with two attached hydrogens (primary N) is 1. The number of hydrogen-bond donors (Lipinski definition) is 3. The third-order valence-corrected chi connectivity index (χ3v) is 0.775. The van der Waals surface area contributed by atoms with Gasteiger partial charge in [0.05, 0.1) is 0 Å². The summed E-state index contributed by atoms with van der Waals surface area (Å²) in [7, 11) is 0. The van der Waals surface area contributed by atoms with E-state index < -0.39 is 23.6 Å². The molecule has 1 amide bonds. The molecule has 0 rings (SSSR count). The number of ether oxygens (including phenoxy) is 1. The molecule has 0 heterocycles. The van der Waals surface area contributed by atoms with Crippen LogP contribution < -0.4 is 5.73 Å². The lowest BCUT2D eigenvalue weighted by molar-refractivity contribution is -0.134. The highest BCUT2D eigenvalue weighted by molar-refractivity contribution is 5.89. The maximum absolute atomic E-state index is 10.0. The van der Waals surface area contributed by atoms with Crippen LogP contribution >= 0.6 is 0 Å². The van der Waals surface area contributed by atoms with E-state index in [4.69, 9.17) is 15.9 Å². The molecule has 0 unspecified atom stereocenters. The third kappa shape index (κ3) is 22.7. The Morgan fingerprint density at radius 3 is 1.44 bits per heavy atom. The lowest BCUT2D eigenvalue weighted by atomic mass is 10.2. The van der Waals surface area contributed by atoms with Gasteiger partial charge in [-0.25, -0.2) is 14.4 Å². The Bertz CT molecular complexity index is 273. The number of aliphatic carboxylic acids is 2. The fourth-order valence-electron chi connectivity index (χ4n) is 0.444. The number of carbonyl (C=O) groups excluding carboxylic acids is 1. The van der Waals surface area contributed by atoms with Crippen molar-refractivity contribution in [1.29, 1.82) is 0 Å². The first-order chi connectivity index (χ1) is 7.04. The lowest BCUT2D eigenvalue weighted by Crippen LogP contribution is -2.27. The van der Waals surface area contributed by atoms with Crippen LogP contribution in [0.2, 0.25) is 0 Å². The zero-order valence-electron chi connectivity index (χ0n) is 9.26. The number of amides is 1. The maximum atomic E-state index is 10.0. The first-order valence-electron chi connectivity index (χ1n) is 4.17.